The van der Waals surface area contributed by atoms with Crippen LogP contribution in [-0.4, -0.2) is 43.0 Å². The van der Waals surface area contributed by atoms with Gasteiger partial charge in [-0.2, -0.15) is 0 Å². The van der Waals surface area contributed by atoms with Crippen molar-refractivity contribution in [2.24, 2.45) is 0 Å². The molecule has 122 valence electrons. The molecule has 0 radical (unpaired) electrons. The maximum Gasteiger partial charge on any atom is 0.341 e. The Bertz CT molecular complexity index is 568. The van der Waals surface area contributed by atoms with E-state index in [2.05, 4.69) is 17.1 Å². The van der Waals surface area contributed by atoms with Crippen LogP contribution in [0.4, 0.5) is 5.00 Å². The Morgan fingerprint density at radius 3 is 2.73 bits per heavy atom. The molecule has 2 heterocycles. The van der Waals surface area contributed by atoms with Gasteiger partial charge in [-0.25, -0.2) is 4.79 Å². The fourth-order valence-electron chi connectivity index (χ4n) is 2.81. The zero-order chi connectivity index (χ0) is 16.3. The number of carbonyl (C=O) groups is 2. The van der Waals surface area contributed by atoms with Gasteiger partial charge in [0.15, 0.2) is 0 Å². The molecule has 0 aromatic carbocycles. The number of hydrogen-bond donors (Lipinski definition) is 1. The highest BCUT2D eigenvalue weighted by atomic mass is 32.1. The summed E-state index contributed by atoms with van der Waals surface area (Å²) in [6, 6.07) is 0.436. The maximum absolute atomic E-state index is 12.3. The number of methoxy groups -OCH3 is 1. The maximum atomic E-state index is 12.3. The van der Waals surface area contributed by atoms with E-state index < -0.39 is 5.97 Å². The number of anilines is 1. The summed E-state index contributed by atoms with van der Waals surface area (Å²) >= 11 is 1.42. The number of esters is 1. The minimum Gasteiger partial charge on any atom is -0.465 e. The molecule has 2 rings (SSSR count). The molecule has 0 unspecified atom stereocenters. The molecule has 1 atom stereocenters. The molecule has 1 fully saturated rings. The monoisotopic (exact) mass is 324 g/mol. The van der Waals surface area contributed by atoms with E-state index in [-0.39, 0.29) is 5.91 Å². The Morgan fingerprint density at radius 1 is 1.36 bits per heavy atom. The minimum atomic E-state index is -0.400. The molecular formula is C16H24N2O3S. The first-order valence-electron chi connectivity index (χ1n) is 7.66. The Balaban J connectivity index is 2.08. The number of nitrogens with zero attached hydrogens (tertiary/aromatic N) is 1. The van der Waals surface area contributed by atoms with Crippen LogP contribution in [0.5, 0.6) is 0 Å². The molecule has 1 saturated heterocycles. The van der Waals surface area contributed by atoms with Gasteiger partial charge in [0.1, 0.15) is 5.00 Å². The summed E-state index contributed by atoms with van der Waals surface area (Å²) in [7, 11) is 1.36. The first-order chi connectivity index (χ1) is 10.4. The summed E-state index contributed by atoms with van der Waals surface area (Å²) in [6.07, 6.45) is 3.51. The zero-order valence-corrected chi connectivity index (χ0v) is 14.5. The molecule has 5 nitrogen and oxygen atoms in total. The lowest BCUT2D eigenvalue weighted by Crippen LogP contribution is -2.42. The van der Waals surface area contributed by atoms with Crippen molar-refractivity contribution in [1.82, 2.24) is 4.90 Å². The molecular weight excluding hydrogens is 300 g/mol. The molecule has 1 N–H and O–H groups in total. The Morgan fingerprint density at radius 2 is 2.09 bits per heavy atom. The molecule has 6 heteroatoms. The normalized spacial score (nSPS) is 19.0. The van der Waals surface area contributed by atoms with Gasteiger partial charge in [-0.3, -0.25) is 9.69 Å². The van der Waals surface area contributed by atoms with Gasteiger partial charge in [-0.1, -0.05) is 6.42 Å². The molecule has 1 amide bonds. The number of likely N-dealkylation sites (tertiary alicyclic amines) is 1. The van der Waals surface area contributed by atoms with E-state index in [1.807, 2.05) is 13.8 Å². The smallest absolute Gasteiger partial charge is 0.341 e. The van der Waals surface area contributed by atoms with E-state index in [0.717, 1.165) is 29.8 Å². The third kappa shape index (κ3) is 3.67. The fourth-order valence-corrected chi connectivity index (χ4v) is 3.87. The first kappa shape index (κ1) is 17.0. The van der Waals surface area contributed by atoms with Crippen molar-refractivity contribution in [1.29, 1.82) is 0 Å². The van der Waals surface area contributed by atoms with Crippen LogP contribution in [0, 0.1) is 13.8 Å². The summed E-state index contributed by atoms with van der Waals surface area (Å²) in [5, 5.41) is 3.49. The first-order valence-corrected chi connectivity index (χ1v) is 8.48. The topological polar surface area (TPSA) is 58.6 Å². The molecule has 1 aromatic heterocycles. The van der Waals surface area contributed by atoms with Crippen LogP contribution in [0.1, 0.15) is 47.0 Å². The highest BCUT2D eigenvalue weighted by Gasteiger charge is 2.24. The van der Waals surface area contributed by atoms with Crippen molar-refractivity contribution < 1.29 is 14.3 Å². The Labute approximate surface area is 135 Å². The van der Waals surface area contributed by atoms with Crippen LogP contribution in [-0.2, 0) is 9.53 Å². The summed E-state index contributed by atoms with van der Waals surface area (Å²) in [4.78, 5) is 27.4. The molecule has 0 saturated carbocycles. The van der Waals surface area contributed by atoms with Crippen LogP contribution in [0.2, 0.25) is 0 Å². The highest BCUT2D eigenvalue weighted by Crippen LogP contribution is 2.33. The SMILES string of the molecule is COC(=O)c1c(NC(=O)CN2CCCC[C@H]2C)sc(C)c1C. The second kappa shape index (κ2) is 7.24. The lowest BCUT2D eigenvalue weighted by Gasteiger charge is -2.32. The number of aryl methyl sites for hydroxylation is 1. The quantitative estimate of drug-likeness (QED) is 0.865. The van der Waals surface area contributed by atoms with Gasteiger partial charge >= 0.3 is 5.97 Å². The van der Waals surface area contributed by atoms with Gasteiger partial charge in [-0.15, -0.1) is 11.3 Å². The second-order valence-electron chi connectivity index (χ2n) is 5.84. The minimum absolute atomic E-state index is 0.0693. The number of hydrogen-bond acceptors (Lipinski definition) is 5. The summed E-state index contributed by atoms with van der Waals surface area (Å²) in [5.41, 5.74) is 1.35. The van der Waals surface area contributed by atoms with Crippen LogP contribution in [0.15, 0.2) is 0 Å². The van der Waals surface area contributed by atoms with Gasteiger partial charge < -0.3 is 10.1 Å². The third-order valence-electron chi connectivity index (χ3n) is 4.32. The van der Waals surface area contributed by atoms with Crippen molar-refractivity contribution >= 4 is 28.2 Å². The number of ether oxygens (including phenoxy) is 1. The molecule has 1 aromatic rings. The van der Waals surface area contributed by atoms with E-state index >= 15 is 0 Å². The van der Waals surface area contributed by atoms with Crippen molar-refractivity contribution in [2.75, 3.05) is 25.5 Å². The van der Waals surface area contributed by atoms with Crippen LogP contribution >= 0.6 is 11.3 Å². The zero-order valence-electron chi connectivity index (χ0n) is 13.7. The largest absolute Gasteiger partial charge is 0.465 e. The number of thiophene rings is 1. The predicted octanol–water partition coefficient (Wildman–Crippen LogP) is 2.96. The van der Waals surface area contributed by atoms with E-state index in [0.29, 0.717) is 23.2 Å². The van der Waals surface area contributed by atoms with Gasteiger partial charge in [0.25, 0.3) is 0 Å². The molecule has 1 aliphatic heterocycles. The average Bonchev–Trinajstić information content (AvgIpc) is 2.75. The summed E-state index contributed by atoms with van der Waals surface area (Å²) in [6.45, 7) is 7.31. The number of rotatable bonds is 4. The lowest BCUT2D eigenvalue weighted by atomic mass is 10.0. The van der Waals surface area contributed by atoms with Gasteiger partial charge in [0.2, 0.25) is 5.91 Å². The van der Waals surface area contributed by atoms with Crippen molar-refractivity contribution in [3.05, 3.63) is 16.0 Å². The van der Waals surface area contributed by atoms with Crippen molar-refractivity contribution in [3.63, 3.8) is 0 Å². The number of piperidine rings is 1. The van der Waals surface area contributed by atoms with Crippen molar-refractivity contribution in [3.8, 4) is 0 Å². The van der Waals surface area contributed by atoms with E-state index in [9.17, 15) is 9.59 Å². The third-order valence-corrected chi connectivity index (χ3v) is 5.44. The number of amides is 1. The Kier molecular flexibility index (Phi) is 5.58. The molecule has 0 bridgehead atoms. The number of nitrogens with one attached hydrogen (secondary N) is 1. The molecule has 0 spiro atoms. The van der Waals surface area contributed by atoms with Gasteiger partial charge in [-0.05, 0) is 45.7 Å². The van der Waals surface area contributed by atoms with Crippen LogP contribution < -0.4 is 5.32 Å². The van der Waals surface area contributed by atoms with Crippen molar-refractivity contribution in [2.45, 2.75) is 46.1 Å². The van der Waals surface area contributed by atoms with E-state index in [1.54, 1.807) is 0 Å². The standard InChI is InChI=1S/C16H24N2O3S/c1-10-7-5-6-8-18(10)9-13(19)17-15-14(16(20)21-4)11(2)12(3)22-15/h10H,5-9H2,1-4H3,(H,17,19)/t10-/m1/s1. The summed E-state index contributed by atoms with van der Waals surface area (Å²) in [5.74, 6) is -0.469. The van der Waals surface area contributed by atoms with Crippen LogP contribution in [0.3, 0.4) is 0 Å². The lowest BCUT2D eigenvalue weighted by molar-refractivity contribution is -0.118. The molecule has 0 aliphatic carbocycles. The fraction of sp³-hybridized carbons (Fsp3) is 0.625. The van der Waals surface area contributed by atoms with Gasteiger partial charge in [0, 0.05) is 10.9 Å². The second-order valence-corrected chi connectivity index (χ2v) is 7.07. The molecule has 22 heavy (non-hydrogen) atoms. The molecule has 1 aliphatic rings. The van der Waals surface area contributed by atoms with Crippen LogP contribution in [0.25, 0.3) is 0 Å². The predicted molar refractivity (Wildman–Crippen MR) is 88.6 cm³/mol. The van der Waals surface area contributed by atoms with E-state index in [1.165, 1.54) is 24.9 Å². The van der Waals surface area contributed by atoms with E-state index in [4.69, 9.17) is 4.74 Å². The van der Waals surface area contributed by atoms with Gasteiger partial charge in [0.05, 0.1) is 19.2 Å². The highest BCUT2D eigenvalue weighted by molar-refractivity contribution is 7.16. The number of carbonyl (C=O) groups excluding carboxylic acids is 2. The Hall–Kier alpha value is -1.40. The average molecular weight is 324 g/mol. The summed E-state index contributed by atoms with van der Waals surface area (Å²) < 4.78 is 4.83.